The number of aliphatic carboxylic acids is 1. The van der Waals surface area contributed by atoms with E-state index in [9.17, 15) is 24.3 Å². The van der Waals surface area contributed by atoms with Crippen LogP contribution in [-0.2, 0) is 23.9 Å². The topological polar surface area (TPSA) is 151 Å². The zero-order valence-corrected chi connectivity index (χ0v) is 14.2. The molecule has 0 spiro atoms. The van der Waals surface area contributed by atoms with Crippen molar-refractivity contribution in [1.82, 2.24) is 4.90 Å². The molecule has 1 amide bonds. The van der Waals surface area contributed by atoms with Gasteiger partial charge in [-0.25, -0.2) is 14.5 Å². The molecule has 0 aromatic carbocycles. The number of hydrogen-bond donors (Lipinski definition) is 3. The number of rotatable bonds is 6. The average molecular weight is 371 g/mol. The van der Waals surface area contributed by atoms with Gasteiger partial charge >= 0.3 is 5.97 Å². The van der Waals surface area contributed by atoms with Gasteiger partial charge in [0.05, 0.1) is 0 Å². The Kier molecular flexibility index (Phi) is 4.64. The molecule has 0 saturated carbocycles. The fraction of sp³-hybridized carbons (Fsp3) is 0.385. The van der Waals surface area contributed by atoms with Crippen molar-refractivity contribution in [2.75, 3.05) is 12.0 Å². The number of amides is 1. The predicted octanol–water partition coefficient (Wildman–Crippen LogP) is -0.443. The summed E-state index contributed by atoms with van der Waals surface area (Å²) in [6.45, 7) is 1.18. The Hall–Kier alpha value is -2.07. The second kappa shape index (κ2) is 6.10. The molecule has 1 unspecified atom stereocenters. The molecule has 1 saturated heterocycles. The van der Waals surface area contributed by atoms with Crippen molar-refractivity contribution in [3.63, 3.8) is 0 Å². The van der Waals surface area contributed by atoms with E-state index in [1.54, 1.807) is 6.26 Å². The summed E-state index contributed by atoms with van der Waals surface area (Å²) < 4.78 is 5.11. The van der Waals surface area contributed by atoms with E-state index in [2.05, 4.69) is 0 Å². The number of fused-ring (bicyclic) bond motifs is 1. The Morgan fingerprint density at radius 1 is 1.58 bits per heavy atom. The Morgan fingerprint density at radius 3 is 2.67 bits per heavy atom. The number of thioether (sulfide) groups is 2. The highest BCUT2D eigenvalue weighted by Crippen LogP contribution is 2.55. The highest BCUT2D eigenvalue weighted by molar-refractivity contribution is 8.04. The maximum atomic E-state index is 12.2. The molecule has 2 aliphatic heterocycles. The fourth-order valence-corrected chi connectivity index (χ4v) is 4.61. The Labute approximate surface area is 144 Å². The van der Waals surface area contributed by atoms with E-state index in [1.807, 2.05) is 0 Å². The van der Waals surface area contributed by atoms with E-state index in [0.29, 0.717) is 18.0 Å². The minimum atomic E-state index is -1.98. The highest BCUT2D eigenvalue weighted by atomic mass is 32.2. The number of nitrogens with one attached hydrogen (secondary N) is 1. The normalized spacial score (nSPS) is 28.7. The molecule has 0 bridgehead atoms. The lowest BCUT2D eigenvalue weighted by Crippen LogP contribution is -2.76. The van der Waals surface area contributed by atoms with E-state index in [-0.39, 0.29) is 11.3 Å². The Balaban J connectivity index is 2.78. The second-order valence-electron chi connectivity index (χ2n) is 4.91. The summed E-state index contributed by atoms with van der Waals surface area (Å²) in [6, 6.07) is 0. The third kappa shape index (κ3) is 2.28. The molecule has 0 radical (unpaired) electrons. The number of hydrogen-bond acceptors (Lipinski definition) is 9. The Morgan fingerprint density at radius 2 is 2.21 bits per heavy atom. The lowest BCUT2D eigenvalue weighted by Gasteiger charge is -2.55. The van der Waals surface area contributed by atoms with Gasteiger partial charge < -0.3 is 15.6 Å². The van der Waals surface area contributed by atoms with Gasteiger partial charge in [0.1, 0.15) is 5.70 Å². The van der Waals surface area contributed by atoms with Crippen LogP contribution in [0.25, 0.3) is 0 Å². The van der Waals surface area contributed by atoms with Gasteiger partial charge in [-0.2, -0.15) is 11.8 Å². The highest BCUT2D eigenvalue weighted by Gasteiger charge is 2.70. The first-order valence-electron chi connectivity index (χ1n) is 6.44. The summed E-state index contributed by atoms with van der Waals surface area (Å²) in [4.78, 5) is 45.4. The van der Waals surface area contributed by atoms with Crippen molar-refractivity contribution >= 4 is 52.8 Å². The molecular weight excluding hydrogens is 358 g/mol. The van der Waals surface area contributed by atoms with Crippen LogP contribution in [0.4, 0.5) is 0 Å². The molecule has 0 aliphatic carbocycles. The molecule has 0 aromatic heterocycles. The van der Waals surface area contributed by atoms with Crippen LogP contribution >= 0.6 is 23.5 Å². The van der Waals surface area contributed by atoms with Gasteiger partial charge in [-0.3, -0.25) is 15.0 Å². The molecule has 0 aromatic rings. The van der Waals surface area contributed by atoms with E-state index in [4.69, 9.17) is 15.9 Å². The van der Waals surface area contributed by atoms with Gasteiger partial charge in [-0.15, -0.1) is 0 Å². The van der Waals surface area contributed by atoms with Crippen molar-refractivity contribution in [2.24, 2.45) is 5.73 Å². The fourth-order valence-electron chi connectivity index (χ4n) is 2.44. The zero-order chi connectivity index (χ0) is 18.3. The third-order valence-corrected chi connectivity index (χ3v) is 5.76. The van der Waals surface area contributed by atoms with Crippen LogP contribution in [0.2, 0.25) is 0 Å². The van der Waals surface area contributed by atoms with Crippen LogP contribution in [0.1, 0.15) is 6.92 Å². The number of nitrogens with zero attached hydrogens (tertiary/aromatic N) is 1. The maximum Gasteiger partial charge on any atom is 0.352 e. The molecule has 2 aliphatic rings. The molecule has 1 fully saturated rings. The summed E-state index contributed by atoms with van der Waals surface area (Å²) in [5.74, 6) is -1.54. The summed E-state index contributed by atoms with van der Waals surface area (Å²) in [7, 11) is 0. The summed E-state index contributed by atoms with van der Waals surface area (Å²) in [5.41, 5.74) is 5.07. The number of carbonyl (C=O) groups is 3. The number of carboxylic acids is 1. The largest absolute Gasteiger partial charge is 0.477 e. The van der Waals surface area contributed by atoms with Crippen LogP contribution in [0, 0.1) is 5.41 Å². The van der Waals surface area contributed by atoms with Gasteiger partial charge in [0.25, 0.3) is 11.0 Å². The van der Waals surface area contributed by atoms with Crippen LogP contribution in [0.15, 0.2) is 17.5 Å². The molecule has 24 heavy (non-hydrogen) atoms. The quantitative estimate of drug-likeness (QED) is 0.320. The van der Waals surface area contributed by atoms with Crippen LogP contribution < -0.4 is 5.73 Å². The van der Waals surface area contributed by atoms with Gasteiger partial charge in [0, 0.05) is 11.3 Å². The molecular formula is C13H13N3O6S2. The van der Waals surface area contributed by atoms with Crippen molar-refractivity contribution in [3.05, 3.63) is 17.5 Å². The van der Waals surface area contributed by atoms with Gasteiger partial charge in [0.15, 0.2) is 28.6 Å². The molecule has 4 N–H and O–H groups in total. The van der Waals surface area contributed by atoms with Crippen molar-refractivity contribution < 1.29 is 29.0 Å². The van der Waals surface area contributed by atoms with Gasteiger partial charge in [-0.1, -0.05) is 0 Å². The summed E-state index contributed by atoms with van der Waals surface area (Å²) in [5, 5.41) is 15.4. The summed E-state index contributed by atoms with van der Waals surface area (Å²) >= 11 is 1.83. The molecule has 2 heterocycles. The van der Waals surface area contributed by atoms with Gasteiger partial charge in [0.2, 0.25) is 0 Å². The lowest BCUT2D eigenvalue weighted by molar-refractivity contribution is -0.149. The summed E-state index contributed by atoms with van der Waals surface area (Å²) in [6.07, 6.45) is 2.24. The second-order valence-corrected chi connectivity index (χ2v) is 7.18. The maximum absolute atomic E-state index is 12.2. The number of ether oxygens (including phenoxy) is 1. The van der Waals surface area contributed by atoms with Crippen molar-refractivity contribution in [3.8, 4) is 0 Å². The Bertz CT molecular complexity index is 744. The first kappa shape index (κ1) is 18.3. The predicted molar refractivity (Wildman–Crippen MR) is 86.9 cm³/mol. The molecule has 2 atom stereocenters. The van der Waals surface area contributed by atoms with Gasteiger partial charge in [-0.05, 0) is 24.9 Å². The van der Waals surface area contributed by atoms with E-state index >= 15 is 0 Å². The number of ketones is 1. The number of β-lactam (4-membered cyclic amide) rings is 1. The lowest BCUT2D eigenvalue weighted by atomic mass is 9.97. The van der Waals surface area contributed by atoms with Crippen LogP contribution in [-0.4, -0.2) is 61.3 Å². The number of Topliss-reactive ketones (excluding diaryl/α,β-unsaturated/α-hetero) is 1. The molecule has 2 rings (SSSR count). The van der Waals surface area contributed by atoms with Crippen molar-refractivity contribution in [2.45, 2.75) is 16.9 Å². The average Bonchev–Trinajstić information content (AvgIpc) is 2.53. The standard InChI is InChI=1S/C13H13N3O6S2/c1-6(18)12(15)7(5-23-2)8(11(20)21)16-10(19)9(14)13(16,24-12)22-4-3-17/h4,14H,5,15H2,1-2H3,(H,20,21)/t12?,13-/m1/s1. The van der Waals surface area contributed by atoms with Crippen LogP contribution in [0.5, 0.6) is 0 Å². The number of nitrogens with two attached hydrogens (primary N) is 1. The van der Waals surface area contributed by atoms with Crippen LogP contribution in [0.3, 0.4) is 0 Å². The van der Waals surface area contributed by atoms with Crippen molar-refractivity contribution in [1.29, 1.82) is 5.41 Å². The first-order chi connectivity index (χ1) is 11.2. The van der Waals surface area contributed by atoms with E-state index in [1.165, 1.54) is 24.6 Å². The smallest absolute Gasteiger partial charge is 0.352 e. The molecule has 9 nitrogen and oxygen atoms in total. The first-order valence-corrected chi connectivity index (χ1v) is 8.65. The molecule has 11 heteroatoms. The monoisotopic (exact) mass is 371 g/mol. The SMILES string of the molecule is CSCC1=C(C(=O)O)N2C(=O)C(=N)[C@@]2(OC=C=O)SC1(N)C(C)=O. The minimum Gasteiger partial charge on any atom is -0.477 e. The molecule has 128 valence electrons. The number of carbonyl (C=O) groups excluding carboxylic acids is 3. The van der Waals surface area contributed by atoms with E-state index < -0.39 is 39.0 Å². The zero-order valence-electron chi connectivity index (χ0n) is 12.6. The minimum absolute atomic E-state index is 0.0372. The number of carboxylic acid groups (broad SMARTS) is 1. The third-order valence-electron chi connectivity index (χ3n) is 3.57. The van der Waals surface area contributed by atoms with E-state index in [0.717, 1.165) is 4.90 Å².